The molecule has 2 unspecified atom stereocenters. The van der Waals surface area contributed by atoms with Gasteiger partial charge in [0.05, 0.1) is 0 Å². The van der Waals surface area contributed by atoms with Crippen molar-refractivity contribution in [3.63, 3.8) is 0 Å². The first-order valence-electron chi connectivity index (χ1n) is 7.68. The van der Waals surface area contributed by atoms with Crippen molar-refractivity contribution in [2.45, 2.75) is 49.8 Å². The molecule has 1 heterocycles. The van der Waals surface area contributed by atoms with Crippen LogP contribution in [0.15, 0.2) is 41.0 Å². The molecular weight excluding hydrogens is 378 g/mol. The normalized spacial score (nSPS) is 28.3. The maximum Gasteiger partial charge on any atom is -1.00 e. The Labute approximate surface area is 147 Å². The minimum Gasteiger partial charge on any atom is -1.00 e. The molecule has 0 aromatic carbocycles. The van der Waals surface area contributed by atoms with E-state index in [2.05, 4.69) is 53.7 Å². The number of hydrogen-bond donors (Lipinski definition) is 0. The average Bonchev–Trinajstić information content (AvgIpc) is 2.98. The van der Waals surface area contributed by atoms with E-state index in [9.17, 15) is 0 Å². The zero-order valence-corrected chi connectivity index (χ0v) is 17.9. The fourth-order valence-electron chi connectivity index (χ4n) is 4.67. The van der Waals surface area contributed by atoms with Gasteiger partial charge in [-0.25, -0.2) is 0 Å². The van der Waals surface area contributed by atoms with Crippen molar-refractivity contribution in [1.82, 2.24) is 0 Å². The molecule has 116 valence electrons. The van der Waals surface area contributed by atoms with Crippen LogP contribution in [0.3, 0.4) is 0 Å². The zero-order chi connectivity index (χ0) is 13.9. The summed E-state index contributed by atoms with van der Waals surface area (Å²) in [4.78, 5) is 0. The van der Waals surface area contributed by atoms with E-state index in [-0.39, 0.29) is 24.8 Å². The summed E-state index contributed by atoms with van der Waals surface area (Å²) in [5.41, 5.74) is 6.44. The molecule has 0 bridgehead atoms. The number of halogens is 2. The molecule has 3 rings (SSSR count). The molecule has 0 amide bonds. The van der Waals surface area contributed by atoms with Crippen LogP contribution in [0.2, 0.25) is 8.26 Å². The maximum atomic E-state index is 2.51. The maximum absolute atomic E-state index is 2.51. The van der Waals surface area contributed by atoms with Crippen molar-refractivity contribution in [3.8, 4) is 0 Å². The molecule has 3 aliphatic rings. The van der Waals surface area contributed by atoms with Crippen LogP contribution in [-0.4, -0.2) is 0 Å². The molecule has 0 aromatic heterocycles. The molecule has 2 atom stereocenters. The Hall–Kier alpha value is 0.423. The smallest absolute Gasteiger partial charge is 1.00 e. The van der Waals surface area contributed by atoms with Crippen LogP contribution in [-0.2, 0) is 20.3 Å². The molecule has 3 heteroatoms. The van der Waals surface area contributed by atoms with Gasteiger partial charge in [0.1, 0.15) is 0 Å². The van der Waals surface area contributed by atoms with Crippen LogP contribution in [0.1, 0.15) is 41.5 Å². The van der Waals surface area contributed by atoms with Crippen LogP contribution in [0, 0.1) is 11.8 Å². The van der Waals surface area contributed by atoms with Gasteiger partial charge >= 0.3 is 123 Å². The third-order valence-electron chi connectivity index (χ3n) is 5.68. The molecular formula is C18H26Cl2Zr. The number of allylic oxidation sites excluding steroid dienone is 8. The average molecular weight is 405 g/mol. The van der Waals surface area contributed by atoms with E-state index in [1.807, 2.05) is 6.56 Å². The molecule has 1 saturated heterocycles. The zero-order valence-electron chi connectivity index (χ0n) is 14.0. The summed E-state index contributed by atoms with van der Waals surface area (Å²) in [5, 5.41) is 0. The van der Waals surface area contributed by atoms with Crippen LogP contribution >= 0.6 is 0 Å². The summed E-state index contributed by atoms with van der Waals surface area (Å²) in [5.74, 6) is 1.46. The minimum absolute atomic E-state index is 0. The molecule has 0 N–H and O–H groups in total. The molecule has 0 aromatic rings. The molecule has 0 radical (unpaired) electrons. The van der Waals surface area contributed by atoms with Gasteiger partial charge < -0.3 is 24.8 Å². The van der Waals surface area contributed by atoms with Gasteiger partial charge in [0.15, 0.2) is 0 Å². The summed E-state index contributed by atoms with van der Waals surface area (Å²) in [6.07, 6.45) is 5.02. The van der Waals surface area contributed by atoms with Crippen LogP contribution in [0.4, 0.5) is 0 Å². The van der Waals surface area contributed by atoms with Gasteiger partial charge in [-0.05, 0) is 0 Å². The van der Waals surface area contributed by atoms with E-state index in [0.29, 0.717) is 0 Å². The number of hydrogen-bond acceptors (Lipinski definition) is 0. The van der Waals surface area contributed by atoms with Crippen molar-refractivity contribution < 1.29 is 45.1 Å². The van der Waals surface area contributed by atoms with E-state index >= 15 is 0 Å². The van der Waals surface area contributed by atoms with Crippen LogP contribution in [0.5, 0.6) is 0 Å². The van der Waals surface area contributed by atoms with Crippen molar-refractivity contribution in [3.05, 3.63) is 41.0 Å². The third-order valence-corrected chi connectivity index (χ3v) is 18.5. The van der Waals surface area contributed by atoms with Crippen LogP contribution in [0.25, 0.3) is 0 Å². The van der Waals surface area contributed by atoms with Crippen molar-refractivity contribution in [2.75, 3.05) is 0 Å². The first kappa shape index (κ1) is 19.5. The summed E-state index contributed by atoms with van der Waals surface area (Å²) in [6.45, 7) is 14.3. The second-order valence-corrected chi connectivity index (χ2v) is 17.4. The Morgan fingerprint density at radius 1 is 0.762 bits per heavy atom. The quantitative estimate of drug-likeness (QED) is 0.595. The SMILES string of the molecule is CC1=CC(C)[C]([Zr+2]2([C]3=C(C)C(C)=CC3C)[CH2][CH2]2)=C1C.[Cl-].[Cl-]. The van der Waals surface area contributed by atoms with Crippen LogP contribution < -0.4 is 24.8 Å². The summed E-state index contributed by atoms with van der Waals surface area (Å²) < 4.78 is 7.03. The Morgan fingerprint density at radius 2 is 1.10 bits per heavy atom. The fourth-order valence-corrected chi connectivity index (χ4v) is 21.5. The molecule has 1 aliphatic heterocycles. The Balaban J connectivity index is 0.00000110. The van der Waals surface area contributed by atoms with E-state index in [1.165, 1.54) is 0 Å². The Kier molecular flexibility index (Phi) is 6.03. The van der Waals surface area contributed by atoms with Gasteiger partial charge in [0, 0.05) is 0 Å². The summed E-state index contributed by atoms with van der Waals surface area (Å²) in [6, 6.07) is 0. The Bertz CT molecular complexity index is 526. The number of rotatable bonds is 2. The van der Waals surface area contributed by atoms with Gasteiger partial charge in [-0.1, -0.05) is 0 Å². The van der Waals surface area contributed by atoms with Crippen molar-refractivity contribution >= 4 is 0 Å². The van der Waals surface area contributed by atoms with Gasteiger partial charge in [0.2, 0.25) is 0 Å². The van der Waals surface area contributed by atoms with Crippen molar-refractivity contribution in [1.29, 1.82) is 0 Å². The fraction of sp³-hybridized carbons (Fsp3) is 0.556. The standard InChI is InChI=1S/2C8H11.C2H4.2ClH.Zr/c2*1-6-4-7(2)8(3)5-6;1-2;;;/h2*4,6H,1-3H3;1-2H2;2*1H;/q;;;;;+2/p-2. The van der Waals surface area contributed by atoms with E-state index in [1.54, 1.807) is 30.5 Å². The monoisotopic (exact) mass is 402 g/mol. The third kappa shape index (κ3) is 2.84. The van der Waals surface area contributed by atoms with Gasteiger partial charge in [0.25, 0.3) is 0 Å². The minimum atomic E-state index is -2.13. The summed E-state index contributed by atoms with van der Waals surface area (Å²) >= 11 is -2.13. The molecule has 2 aliphatic carbocycles. The molecule has 1 fully saturated rings. The predicted molar refractivity (Wildman–Crippen MR) is 80.9 cm³/mol. The largest absolute Gasteiger partial charge is 1.00 e. The van der Waals surface area contributed by atoms with Gasteiger partial charge in [-0.3, -0.25) is 0 Å². The molecule has 21 heavy (non-hydrogen) atoms. The molecule has 0 spiro atoms. The van der Waals surface area contributed by atoms with Gasteiger partial charge in [-0.15, -0.1) is 0 Å². The van der Waals surface area contributed by atoms with Gasteiger partial charge in [-0.2, -0.15) is 0 Å². The van der Waals surface area contributed by atoms with Crippen molar-refractivity contribution in [2.24, 2.45) is 11.8 Å². The second-order valence-electron chi connectivity index (χ2n) is 6.94. The van der Waals surface area contributed by atoms with E-state index in [0.717, 1.165) is 11.8 Å². The van der Waals surface area contributed by atoms with E-state index in [4.69, 9.17) is 0 Å². The molecule has 0 saturated carbocycles. The topological polar surface area (TPSA) is 0 Å². The Morgan fingerprint density at radius 3 is 1.29 bits per heavy atom. The van der Waals surface area contributed by atoms with E-state index < -0.39 is 20.3 Å². The molecule has 0 nitrogen and oxygen atoms in total. The predicted octanol–water partition coefficient (Wildman–Crippen LogP) is -0.261. The first-order valence-corrected chi connectivity index (χ1v) is 13.6. The second kappa shape index (κ2) is 6.50. The summed E-state index contributed by atoms with van der Waals surface area (Å²) in [7, 11) is 0. The first-order chi connectivity index (χ1) is 8.88.